The summed E-state index contributed by atoms with van der Waals surface area (Å²) >= 11 is 0. The van der Waals surface area contributed by atoms with Gasteiger partial charge in [0, 0.05) is 6.04 Å². The Morgan fingerprint density at radius 1 is 1.28 bits per heavy atom. The zero-order chi connectivity index (χ0) is 13.8. The molecule has 0 bridgehead atoms. The summed E-state index contributed by atoms with van der Waals surface area (Å²) in [5.74, 6) is -0.806. The van der Waals surface area contributed by atoms with Crippen LogP contribution in [0.25, 0.3) is 0 Å². The predicted octanol–water partition coefficient (Wildman–Crippen LogP) is 2.81. The zero-order valence-corrected chi connectivity index (χ0v) is 11.6. The molecule has 1 unspecified atom stereocenters. The monoisotopic (exact) mass is 249 g/mol. The highest BCUT2D eigenvalue weighted by Gasteiger charge is 2.24. The molecule has 0 saturated heterocycles. The molecule has 100 valence electrons. The van der Waals surface area contributed by atoms with Gasteiger partial charge in [-0.15, -0.1) is 0 Å². The Kier molecular flexibility index (Phi) is 4.91. The second-order valence-corrected chi connectivity index (χ2v) is 5.58. The molecular formula is C15H23NO2. The summed E-state index contributed by atoms with van der Waals surface area (Å²) in [6.07, 6.45) is 0.897. The van der Waals surface area contributed by atoms with Crippen molar-refractivity contribution in [3.05, 3.63) is 35.9 Å². The topological polar surface area (TPSA) is 49.3 Å². The summed E-state index contributed by atoms with van der Waals surface area (Å²) < 4.78 is 0. The van der Waals surface area contributed by atoms with Crippen LogP contribution in [0.2, 0.25) is 0 Å². The molecule has 1 aromatic rings. The quantitative estimate of drug-likeness (QED) is 0.815. The van der Waals surface area contributed by atoms with Gasteiger partial charge in [0.1, 0.15) is 6.04 Å². The van der Waals surface area contributed by atoms with Crippen molar-refractivity contribution < 1.29 is 9.90 Å². The van der Waals surface area contributed by atoms with Crippen molar-refractivity contribution >= 4 is 5.97 Å². The zero-order valence-electron chi connectivity index (χ0n) is 11.6. The lowest BCUT2D eigenvalue weighted by molar-refractivity contribution is -0.139. The lowest BCUT2D eigenvalue weighted by Crippen LogP contribution is -2.42. The van der Waals surface area contributed by atoms with E-state index in [1.54, 1.807) is 6.92 Å². The lowest BCUT2D eigenvalue weighted by Gasteiger charge is -2.30. The maximum atomic E-state index is 10.8. The third-order valence-electron chi connectivity index (χ3n) is 3.28. The van der Waals surface area contributed by atoms with Gasteiger partial charge in [-0.25, -0.2) is 0 Å². The van der Waals surface area contributed by atoms with Crippen LogP contribution in [0.5, 0.6) is 0 Å². The fourth-order valence-electron chi connectivity index (χ4n) is 2.33. The van der Waals surface area contributed by atoms with Crippen molar-refractivity contribution in [1.82, 2.24) is 5.32 Å². The molecule has 0 amide bonds. The molecule has 0 aliphatic carbocycles. The molecule has 0 spiro atoms. The van der Waals surface area contributed by atoms with Gasteiger partial charge in [0.05, 0.1) is 0 Å². The van der Waals surface area contributed by atoms with Gasteiger partial charge in [0.15, 0.2) is 0 Å². The van der Waals surface area contributed by atoms with Crippen LogP contribution < -0.4 is 5.32 Å². The minimum absolute atomic E-state index is 0.0336. The maximum absolute atomic E-state index is 10.8. The van der Waals surface area contributed by atoms with E-state index in [1.165, 1.54) is 5.56 Å². The van der Waals surface area contributed by atoms with Crippen molar-refractivity contribution in [1.29, 1.82) is 0 Å². The van der Waals surface area contributed by atoms with Gasteiger partial charge in [-0.3, -0.25) is 4.79 Å². The highest BCUT2D eigenvalue weighted by molar-refractivity contribution is 5.72. The number of carboxylic acids is 1. The Balaban J connectivity index is 2.63. The molecule has 0 aliphatic rings. The smallest absolute Gasteiger partial charge is 0.320 e. The van der Waals surface area contributed by atoms with Crippen molar-refractivity contribution in [2.24, 2.45) is 0 Å². The molecule has 3 heteroatoms. The van der Waals surface area contributed by atoms with E-state index in [4.69, 9.17) is 5.11 Å². The summed E-state index contributed by atoms with van der Waals surface area (Å²) in [6, 6.07) is 9.97. The Hall–Kier alpha value is -1.35. The normalized spacial score (nSPS) is 15.1. The van der Waals surface area contributed by atoms with Crippen molar-refractivity contribution in [2.45, 2.75) is 51.6 Å². The molecule has 0 aliphatic heterocycles. The first kappa shape index (κ1) is 14.7. The molecular weight excluding hydrogens is 226 g/mol. The van der Waals surface area contributed by atoms with Crippen LogP contribution in [0, 0.1) is 0 Å². The molecule has 2 atom stereocenters. The summed E-state index contributed by atoms with van der Waals surface area (Å²) in [6.45, 7) is 8.08. The van der Waals surface area contributed by atoms with Gasteiger partial charge in [0.2, 0.25) is 0 Å². The van der Waals surface area contributed by atoms with Crippen LogP contribution in [-0.4, -0.2) is 23.2 Å². The molecule has 0 fully saturated rings. The second kappa shape index (κ2) is 6.01. The summed E-state index contributed by atoms with van der Waals surface area (Å²) in [5.41, 5.74) is 1.31. The van der Waals surface area contributed by atoms with E-state index in [1.807, 2.05) is 25.1 Å². The van der Waals surface area contributed by atoms with Crippen LogP contribution in [0.15, 0.2) is 30.3 Å². The first-order chi connectivity index (χ1) is 8.33. The largest absolute Gasteiger partial charge is 0.480 e. The number of hydrogen-bond donors (Lipinski definition) is 2. The Bertz CT molecular complexity index is 387. The second-order valence-electron chi connectivity index (χ2n) is 5.58. The number of carboxylic acid groups (broad SMARTS) is 1. The SMILES string of the molecule is CC(CC(C)(C)c1ccccc1)N[C@@H](C)C(=O)O. The van der Waals surface area contributed by atoms with Gasteiger partial charge in [-0.05, 0) is 31.2 Å². The van der Waals surface area contributed by atoms with Crippen LogP contribution in [0.4, 0.5) is 0 Å². The molecule has 0 saturated carbocycles. The number of benzene rings is 1. The fourth-order valence-corrected chi connectivity index (χ4v) is 2.33. The lowest BCUT2D eigenvalue weighted by atomic mass is 9.79. The molecule has 0 radical (unpaired) electrons. The van der Waals surface area contributed by atoms with Crippen LogP contribution >= 0.6 is 0 Å². The van der Waals surface area contributed by atoms with E-state index < -0.39 is 12.0 Å². The Labute approximate surface area is 109 Å². The van der Waals surface area contributed by atoms with E-state index >= 15 is 0 Å². The molecule has 3 nitrogen and oxygen atoms in total. The number of aliphatic carboxylic acids is 1. The van der Waals surface area contributed by atoms with E-state index in [0.29, 0.717) is 0 Å². The highest BCUT2D eigenvalue weighted by atomic mass is 16.4. The number of carbonyl (C=O) groups is 1. The van der Waals surface area contributed by atoms with Crippen LogP contribution in [0.1, 0.15) is 39.7 Å². The molecule has 0 aromatic heterocycles. The number of rotatable bonds is 6. The minimum atomic E-state index is -0.806. The number of nitrogens with one attached hydrogen (secondary N) is 1. The van der Waals surface area contributed by atoms with E-state index in [-0.39, 0.29) is 11.5 Å². The van der Waals surface area contributed by atoms with E-state index in [0.717, 1.165) is 6.42 Å². The summed E-state index contributed by atoms with van der Waals surface area (Å²) in [4.78, 5) is 10.8. The van der Waals surface area contributed by atoms with Gasteiger partial charge >= 0.3 is 5.97 Å². The van der Waals surface area contributed by atoms with Crippen molar-refractivity contribution in [2.75, 3.05) is 0 Å². The van der Waals surface area contributed by atoms with Crippen molar-refractivity contribution in [3.63, 3.8) is 0 Å². The maximum Gasteiger partial charge on any atom is 0.320 e. The van der Waals surface area contributed by atoms with Crippen LogP contribution in [-0.2, 0) is 10.2 Å². The van der Waals surface area contributed by atoms with E-state index in [2.05, 4.69) is 31.3 Å². The standard InChI is InChI=1S/C15H23NO2/c1-11(16-12(2)14(17)18)10-15(3,4)13-8-6-5-7-9-13/h5-9,11-12,16H,10H2,1-4H3,(H,17,18)/t11?,12-/m0/s1. The predicted molar refractivity (Wildman–Crippen MR) is 73.8 cm³/mol. The van der Waals surface area contributed by atoms with Crippen molar-refractivity contribution in [3.8, 4) is 0 Å². The first-order valence-corrected chi connectivity index (χ1v) is 6.37. The molecule has 1 rings (SSSR count). The Morgan fingerprint density at radius 3 is 2.33 bits per heavy atom. The summed E-state index contributed by atoms with van der Waals surface area (Å²) in [7, 11) is 0. The van der Waals surface area contributed by atoms with Gasteiger partial charge in [0.25, 0.3) is 0 Å². The summed E-state index contributed by atoms with van der Waals surface area (Å²) in [5, 5.41) is 12.0. The average molecular weight is 249 g/mol. The van der Waals surface area contributed by atoms with Gasteiger partial charge in [-0.1, -0.05) is 44.2 Å². The average Bonchev–Trinajstić information content (AvgIpc) is 2.29. The van der Waals surface area contributed by atoms with E-state index in [9.17, 15) is 4.79 Å². The molecule has 1 aromatic carbocycles. The number of hydrogen-bond acceptors (Lipinski definition) is 2. The van der Waals surface area contributed by atoms with Gasteiger partial charge in [-0.2, -0.15) is 0 Å². The fraction of sp³-hybridized carbons (Fsp3) is 0.533. The third kappa shape index (κ3) is 4.15. The molecule has 0 heterocycles. The minimum Gasteiger partial charge on any atom is -0.480 e. The Morgan fingerprint density at radius 2 is 1.83 bits per heavy atom. The van der Waals surface area contributed by atoms with Crippen LogP contribution in [0.3, 0.4) is 0 Å². The van der Waals surface area contributed by atoms with Gasteiger partial charge < -0.3 is 10.4 Å². The molecule has 2 N–H and O–H groups in total. The molecule has 18 heavy (non-hydrogen) atoms. The highest BCUT2D eigenvalue weighted by Crippen LogP contribution is 2.28. The third-order valence-corrected chi connectivity index (χ3v) is 3.28. The first-order valence-electron chi connectivity index (χ1n) is 6.37.